The first-order valence-electron chi connectivity index (χ1n) is 9.58. The second kappa shape index (κ2) is 8.57. The Balaban J connectivity index is 1.88. The molecule has 0 spiro atoms. The monoisotopic (exact) mass is 391 g/mol. The zero-order valence-electron chi connectivity index (χ0n) is 15.8. The smallest absolute Gasteiger partial charge is 0.149 e. The maximum atomic E-state index is 13.9. The highest BCUT2D eigenvalue weighted by atomic mass is 32.2. The Morgan fingerprint density at radius 2 is 1.86 bits per heavy atom. The van der Waals surface area contributed by atoms with Gasteiger partial charge in [0.2, 0.25) is 0 Å². The van der Waals surface area contributed by atoms with E-state index in [0.717, 1.165) is 45.0 Å². The van der Waals surface area contributed by atoms with Gasteiger partial charge in [-0.3, -0.25) is 0 Å². The molecule has 2 heterocycles. The van der Waals surface area contributed by atoms with Crippen molar-refractivity contribution in [3.05, 3.63) is 72.9 Å². The van der Waals surface area contributed by atoms with Crippen molar-refractivity contribution in [2.75, 3.05) is 5.75 Å². The molecule has 2 aromatic heterocycles. The summed E-state index contributed by atoms with van der Waals surface area (Å²) in [4.78, 5) is 9.13. The van der Waals surface area contributed by atoms with Gasteiger partial charge in [0, 0.05) is 17.4 Å². The summed E-state index contributed by atoms with van der Waals surface area (Å²) in [6.45, 7) is 2.21. The lowest BCUT2D eigenvalue weighted by Gasteiger charge is -2.06. The Bertz CT molecular complexity index is 1080. The summed E-state index contributed by atoms with van der Waals surface area (Å²) in [5.74, 6) is 0.767. The largest absolute Gasteiger partial charge is 0.300 e. The molecule has 4 aromatic rings. The molecule has 0 saturated carbocycles. The molecular weight excluding hydrogens is 369 g/mol. The van der Waals surface area contributed by atoms with Crippen LogP contribution in [0.5, 0.6) is 0 Å². The Kier molecular flexibility index (Phi) is 5.72. The summed E-state index contributed by atoms with van der Waals surface area (Å²) < 4.78 is 15.8. The van der Waals surface area contributed by atoms with E-state index in [0.29, 0.717) is 0 Å². The summed E-state index contributed by atoms with van der Waals surface area (Å²) in [5.41, 5.74) is 3.73. The molecule has 0 saturated heterocycles. The van der Waals surface area contributed by atoms with Crippen LogP contribution >= 0.6 is 11.8 Å². The van der Waals surface area contributed by atoms with E-state index in [1.807, 2.05) is 35.0 Å². The van der Waals surface area contributed by atoms with Crippen LogP contribution in [0.25, 0.3) is 27.8 Å². The lowest BCUT2D eigenvalue weighted by atomic mass is 10.1. The highest BCUT2D eigenvalue weighted by Gasteiger charge is 2.17. The third kappa shape index (κ3) is 3.80. The van der Waals surface area contributed by atoms with E-state index in [4.69, 9.17) is 0 Å². The first-order valence-corrected chi connectivity index (χ1v) is 10.6. The van der Waals surface area contributed by atoms with Gasteiger partial charge in [-0.15, -0.1) is 11.8 Å². The molecule has 2 aromatic carbocycles. The van der Waals surface area contributed by atoms with Crippen LogP contribution in [-0.2, 0) is 0 Å². The van der Waals surface area contributed by atoms with E-state index in [-0.39, 0.29) is 5.82 Å². The summed E-state index contributed by atoms with van der Waals surface area (Å²) in [7, 11) is 0. The van der Waals surface area contributed by atoms with Gasteiger partial charge in [0.25, 0.3) is 0 Å². The first kappa shape index (κ1) is 18.7. The van der Waals surface area contributed by atoms with Crippen LogP contribution in [0.15, 0.2) is 72.1 Å². The van der Waals surface area contributed by atoms with E-state index in [2.05, 4.69) is 29.0 Å². The maximum absolute atomic E-state index is 13.9. The highest BCUT2D eigenvalue weighted by Crippen LogP contribution is 2.37. The van der Waals surface area contributed by atoms with Gasteiger partial charge in [-0.2, -0.15) is 0 Å². The lowest BCUT2D eigenvalue weighted by molar-refractivity contribution is 0.627. The molecule has 0 N–H and O–H groups in total. The fraction of sp³-hybridized carbons (Fsp3) is 0.217. The molecule has 0 unspecified atom stereocenters. The molecule has 3 nitrogen and oxygen atoms in total. The zero-order valence-corrected chi connectivity index (χ0v) is 16.6. The molecule has 0 bridgehead atoms. The van der Waals surface area contributed by atoms with Gasteiger partial charge in [0.15, 0.2) is 0 Å². The van der Waals surface area contributed by atoms with E-state index in [1.54, 1.807) is 24.2 Å². The summed E-state index contributed by atoms with van der Waals surface area (Å²) in [5, 5.41) is 2.01. The Morgan fingerprint density at radius 3 is 2.64 bits per heavy atom. The molecule has 0 amide bonds. The molecule has 28 heavy (non-hydrogen) atoms. The third-order valence-corrected chi connectivity index (χ3v) is 5.78. The summed E-state index contributed by atoms with van der Waals surface area (Å²) >= 11 is 1.77. The van der Waals surface area contributed by atoms with Gasteiger partial charge in [-0.25, -0.2) is 14.4 Å². The number of halogens is 1. The number of fused-ring (bicyclic) bond motifs is 1. The fourth-order valence-corrected chi connectivity index (χ4v) is 4.33. The predicted molar refractivity (Wildman–Crippen MR) is 115 cm³/mol. The van der Waals surface area contributed by atoms with Crippen LogP contribution in [0, 0.1) is 5.82 Å². The molecule has 0 fully saturated rings. The van der Waals surface area contributed by atoms with Crippen molar-refractivity contribution >= 4 is 22.8 Å². The number of unbranched alkanes of at least 4 members (excludes halogenated alkanes) is 2. The Hall–Kier alpha value is -2.66. The predicted octanol–water partition coefficient (Wildman–Crippen LogP) is 6.51. The minimum Gasteiger partial charge on any atom is -0.300 e. The van der Waals surface area contributed by atoms with Crippen LogP contribution in [0.1, 0.15) is 26.2 Å². The number of aromatic nitrogens is 3. The van der Waals surface area contributed by atoms with Crippen LogP contribution in [-0.4, -0.2) is 20.3 Å². The third-order valence-electron chi connectivity index (χ3n) is 4.71. The lowest BCUT2D eigenvalue weighted by Crippen LogP contribution is -1.95. The van der Waals surface area contributed by atoms with Crippen molar-refractivity contribution in [2.45, 2.75) is 31.2 Å². The van der Waals surface area contributed by atoms with Crippen molar-refractivity contribution in [1.29, 1.82) is 0 Å². The summed E-state index contributed by atoms with van der Waals surface area (Å²) in [6.07, 6.45) is 7.23. The maximum Gasteiger partial charge on any atom is 0.149 e. The van der Waals surface area contributed by atoms with Crippen molar-refractivity contribution in [3.63, 3.8) is 0 Å². The van der Waals surface area contributed by atoms with Gasteiger partial charge in [0.1, 0.15) is 22.8 Å². The van der Waals surface area contributed by atoms with Crippen LogP contribution in [0.4, 0.5) is 4.39 Å². The Morgan fingerprint density at radius 1 is 1.00 bits per heavy atom. The van der Waals surface area contributed by atoms with Gasteiger partial charge in [0.05, 0.1) is 5.39 Å². The number of rotatable bonds is 7. The quantitative estimate of drug-likeness (QED) is 0.204. The molecule has 0 atom stereocenters. The number of benzene rings is 2. The fourth-order valence-electron chi connectivity index (χ4n) is 3.32. The van der Waals surface area contributed by atoms with Crippen LogP contribution in [0.3, 0.4) is 0 Å². The molecule has 0 radical (unpaired) electrons. The molecule has 142 valence electrons. The Labute approximate surface area is 168 Å². The van der Waals surface area contributed by atoms with Crippen LogP contribution in [0.2, 0.25) is 0 Å². The normalized spacial score (nSPS) is 11.2. The van der Waals surface area contributed by atoms with Crippen molar-refractivity contribution < 1.29 is 4.39 Å². The number of hydrogen-bond donors (Lipinski definition) is 0. The molecule has 5 heteroatoms. The van der Waals surface area contributed by atoms with Gasteiger partial charge >= 0.3 is 0 Å². The molecular formula is C23H22FN3S. The van der Waals surface area contributed by atoms with Crippen LogP contribution < -0.4 is 0 Å². The van der Waals surface area contributed by atoms with E-state index < -0.39 is 0 Å². The minimum atomic E-state index is -0.260. The van der Waals surface area contributed by atoms with Gasteiger partial charge < -0.3 is 4.57 Å². The minimum absolute atomic E-state index is 0.260. The van der Waals surface area contributed by atoms with Gasteiger partial charge in [-0.1, -0.05) is 56.2 Å². The van der Waals surface area contributed by atoms with E-state index >= 15 is 0 Å². The molecule has 0 aliphatic rings. The zero-order chi connectivity index (χ0) is 19.3. The number of nitrogens with zero attached hydrogens (tertiary/aromatic N) is 3. The highest BCUT2D eigenvalue weighted by molar-refractivity contribution is 7.99. The van der Waals surface area contributed by atoms with Crippen molar-refractivity contribution in [2.24, 2.45) is 0 Å². The summed E-state index contributed by atoms with van der Waals surface area (Å²) in [6, 6.07) is 16.8. The first-order chi connectivity index (χ1) is 13.8. The van der Waals surface area contributed by atoms with E-state index in [1.165, 1.54) is 25.0 Å². The average Bonchev–Trinajstić information content (AvgIpc) is 3.12. The van der Waals surface area contributed by atoms with E-state index in [9.17, 15) is 4.39 Å². The standard InChI is InChI=1S/C23H22FN3S/c1-2-3-7-13-28-23-21-20(17-9-5-4-6-10-17)15-27(22(21)25-16-26-23)19-12-8-11-18(24)14-19/h4-6,8-12,14-16H,2-3,7,13H2,1H3. The van der Waals surface area contributed by atoms with Crippen molar-refractivity contribution in [1.82, 2.24) is 14.5 Å². The molecule has 4 rings (SSSR count). The number of hydrogen-bond acceptors (Lipinski definition) is 3. The molecule has 0 aliphatic carbocycles. The second-order valence-corrected chi connectivity index (χ2v) is 7.78. The second-order valence-electron chi connectivity index (χ2n) is 6.69. The van der Waals surface area contributed by atoms with Crippen molar-refractivity contribution in [3.8, 4) is 16.8 Å². The van der Waals surface area contributed by atoms with Gasteiger partial charge in [-0.05, 0) is 35.9 Å². The average molecular weight is 392 g/mol. The topological polar surface area (TPSA) is 30.7 Å². The number of thioether (sulfide) groups is 1. The SMILES string of the molecule is CCCCCSc1ncnc2c1c(-c1ccccc1)cn2-c1cccc(F)c1. The molecule has 0 aliphatic heterocycles.